The molecule has 0 atom stereocenters. The van der Waals surface area contributed by atoms with Gasteiger partial charge in [0.1, 0.15) is 15.7 Å². The predicted molar refractivity (Wildman–Crippen MR) is 119 cm³/mol. The largest absolute Gasteiger partial charge is 0.371 e. The van der Waals surface area contributed by atoms with Crippen LogP contribution in [-0.4, -0.2) is 58.6 Å². The quantitative estimate of drug-likeness (QED) is 0.494. The van der Waals surface area contributed by atoms with Gasteiger partial charge >= 0.3 is 0 Å². The molecular weight excluding hydrogens is 391 g/mol. The Kier molecular flexibility index (Phi) is 8.31. The second-order valence-electron chi connectivity index (χ2n) is 8.62. The summed E-state index contributed by atoms with van der Waals surface area (Å²) in [4.78, 5) is 6.91. The molecule has 0 aromatic heterocycles. The first-order valence-corrected chi connectivity index (χ1v) is 12.4. The zero-order valence-electron chi connectivity index (χ0n) is 18.0. The molecule has 8 heteroatoms. The molecule has 0 radical (unpaired) electrons. The number of hydrogen-bond donors (Lipinski definition) is 2. The van der Waals surface area contributed by atoms with E-state index in [1.54, 1.807) is 12.1 Å². The maximum absolute atomic E-state index is 13.5. The Morgan fingerprint density at radius 2 is 2.00 bits per heavy atom. The lowest BCUT2D eigenvalue weighted by Gasteiger charge is -2.34. The lowest BCUT2D eigenvalue weighted by atomic mass is 9.90. The molecule has 0 bridgehead atoms. The van der Waals surface area contributed by atoms with Crippen molar-refractivity contribution in [2.75, 3.05) is 43.1 Å². The minimum atomic E-state index is -2.97. The Balaban J connectivity index is 1.89. The summed E-state index contributed by atoms with van der Waals surface area (Å²) in [6, 6.07) is 7.04. The van der Waals surface area contributed by atoms with Gasteiger partial charge in [-0.15, -0.1) is 0 Å². The van der Waals surface area contributed by atoms with Crippen molar-refractivity contribution in [2.45, 2.75) is 46.1 Å². The van der Waals surface area contributed by atoms with Crippen molar-refractivity contribution in [3.05, 3.63) is 30.1 Å². The summed E-state index contributed by atoms with van der Waals surface area (Å²) in [6.45, 7) is 9.16. The molecule has 0 saturated carbocycles. The van der Waals surface area contributed by atoms with Crippen LogP contribution < -0.4 is 15.5 Å². The van der Waals surface area contributed by atoms with Crippen LogP contribution in [0.3, 0.4) is 0 Å². The monoisotopic (exact) mass is 426 g/mol. The van der Waals surface area contributed by atoms with Crippen molar-refractivity contribution in [1.82, 2.24) is 10.6 Å². The Morgan fingerprint density at radius 1 is 1.31 bits per heavy atom. The van der Waals surface area contributed by atoms with Crippen molar-refractivity contribution in [3.63, 3.8) is 0 Å². The molecule has 2 N–H and O–H groups in total. The van der Waals surface area contributed by atoms with Gasteiger partial charge in [0.15, 0.2) is 5.96 Å². The van der Waals surface area contributed by atoms with Gasteiger partial charge in [-0.3, -0.25) is 4.99 Å². The number of guanidine groups is 1. The van der Waals surface area contributed by atoms with Gasteiger partial charge in [0.2, 0.25) is 0 Å². The van der Waals surface area contributed by atoms with Crippen LogP contribution in [0.15, 0.2) is 29.3 Å². The van der Waals surface area contributed by atoms with Crippen molar-refractivity contribution >= 4 is 21.5 Å². The molecule has 1 heterocycles. The number of hydrogen-bond acceptors (Lipinski definition) is 4. The number of nitrogens with one attached hydrogen (secondary N) is 2. The number of nitrogens with zero attached hydrogens (tertiary/aromatic N) is 2. The normalized spacial score (nSPS) is 16.7. The van der Waals surface area contributed by atoms with E-state index in [1.807, 2.05) is 26.8 Å². The summed E-state index contributed by atoms with van der Waals surface area (Å²) in [7, 11) is -2.97. The molecule has 1 aromatic carbocycles. The maximum atomic E-state index is 13.5. The molecule has 29 heavy (non-hydrogen) atoms. The van der Waals surface area contributed by atoms with Crippen molar-refractivity contribution in [1.29, 1.82) is 0 Å². The molecule has 2 rings (SSSR count). The van der Waals surface area contributed by atoms with Gasteiger partial charge in [-0.1, -0.05) is 19.9 Å². The van der Waals surface area contributed by atoms with E-state index in [-0.39, 0.29) is 17.0 Å². The highest BCUT2D eigenvalue weighted by molar-refractivity contribution is 7.90. The van der Waals surface area contributed by atoms with Gasteiger partial charge in [0.25, 0.3) is 0 Å². The third-order valence-corrected chi connectivity index (χ3v) is 6.11. The van der Waals surface area contributed by atoms with Crippen LogP contribution in [-0.2, 0) is 9.84 Å². The van der Waals surface area contributed by atoms with Gasteiger partial charge in [-0.25, -0.2) is 12.8 Å². The van der Waals surface area contributed by atoms with Gasteiger partial charge < -0.3 is 15.5 Å². The fourth-order valence-electron chi connectivity index (χ4n) is 3.30. The molecule has 164 valence electrons. The SMILES string of the molecule is CCNC(=NCC(C)(C)CCS(C)(=O)=O)NC1CCN(c2cccc(F)c2)CC1. The fourth-order valence-corrected chi connectivity index (χ4v) is 4.23. The highest BCUT2D eigenvalue weighted by Crippen LogP contribution is 2.22. The molecule has 1 saturated heterocycles. The topological polar surface area (TPSA) is 73.8 Å². The van der Waals surface area contributed by atoms with Crippen LogP contribution in [0.2, 0.25) is 0 Å². The van der Waals surface area contributed by atoms with Crippen molar-refractivity contribution in [2.24, 2.45) is 10.4 Å². The Morgan fingerprint density at radius 3 is 2.59 bits per heavy atom. The molecule has 0 spiro atoms. The van der Waals surface area contributed by atoms with E-state index in [1.165, 1.54) is 12.3 Å². The molecule has 0 unspecified atom stereocenters. The minimum Gasteiger partial charge on any atom is -0.371 e. The third kappa shape index (κ3) is 8.60. The lowest BCUT2D eigenvalue weighted by Crippen LogP contribution is -2.49. The van der Waals surface area contributed by atoms with E-state index < -0.39 is 9.84 Å². The number of piperidine rings is 1. The van der Waals surface area contributed by atoms with Crippen LogP contribution in [0.4, 0.5) is 10.1 Å². The smallest absolute Gasteiger partial charge is 0.191 e. The average Bonchev–Trinajstić information content (AvgIpc) is 2.65. The highest BCUT2D eigenvalue weighted by Gasteiger charge is 2.22. The standard InChI is InChI=1S/C21H35FN4O2S/c1-5-23-20(24-16-21(2,3)11-14-29(4,27)28)25-18-9-12-26(13-10-18)19-8-6-7-17(22)15-19/h6-8,15,18H,5,9-14,16H2,1-4H3,(H2,23,24,25). The van der Waals surface area contributed by atoms with Gasteiger partial charge in [0.05, 0.1) is 5.75 Å². The maximum Gasteiger partial charge on any atom is 0.191 e. The lowest BCUT2D eigenvalue weighted by molar-refractivity contribution is 0.364. The molecule has 1 aliphatic heterocycles. The highest BCUT2D eigenvalue weighted by atomic mass is 32.2. The van der Waals surface area contributed by atoms with Crippen LogP contribution in [0.1, 0.15) is 40.0 Å². The number of benzene rings is 1. The average molecular weight is 427 g/mol. The number of rotatable bonds is 8. The van der Waals surface area contributed by atoms with Crippen LogP contribution in [0.25, 0.3) is 0 Å². The molecule has 1 aromatic rings. The summed E-state index contributed by atoms with van der Waals surface area (Å²) in [5.41, 5.74) is 0.739. The summed E-state index contributed by atoms with van der Waals surface area (Å²) < 4.78 is 36.3. The first-order chi connectivity index (χ1) is 13.6. The zero-order valence-corrected chi connectivity index (χ0v) is 18.9. The molecule has 6 nitrogen and oxygen atoms in total. The number of sulfone groups is 1. The van der Waals surface area contributed by atoms with E-state index in [0.717, 1.165) is 44.1 Å². The third-order valence-electron chi connectivity index (χ3n) is 5.17. The first kappa shape index (κ1) is 23.4. The van der Waals surface area contributed by atoms with E-state index >= 15 is 0 Å². The molecule has 1 aliphatic rings. The summed E-state index contributed by atoms with van der Waals surface area (Å²) in [5, 5.41) is 6.79. The zero-order chi connectivity index (χ0) is 21.5. The van der Waals surface area contributed by atoms with E-state index in [0.29, 0.717) is 19.0 Å². The van der Waals surface area contributed by atoms with Gasteiger partial charge in [-0.2, -0.15) is 0 Å². The first-order valence-electron chi connectivity index (χ1n) is 10.3. The number of halogens is 1. The van der Waals surface area contributed by atoms with Gasteiger partial charge in [0, 0.05) is 44.2 Å². The Labute approximate surface area is 174 Å². The van der Waals surface area contributed by atoms with Gasteiger partial charge in [-0.05, 0) is 49.8 Å². The fraction of sp³-hybridized carbons (Fsp3) is 0.667. The van der Waals surface area contributed by atoms with Crippen LogP contribution >= 0.6 is 0 Å². The second-order valence-corrected chi connectivity index (χ2v) is 10.9. The number of anilines is 1. The van der Waals surface area contributed by atoms with Crippen molar-refractivity contribution in [3.8, 4) is 0 Å². The Bertz CT molecular complexity index is 788. The molecule has 1 fully saturated rings. The van der Waals surface area contributed by atoms with Crippen molar-refractivity contribution < 1.29 is 12.8 Å². The predicted octanol–water partition coefficient (Wildman–Crippen LogP) is 2.81. The minimum absolute atomic E-state index is 0.179. The second kappa shape index (κ2) is 10.3. The molecular formula is C21H35FN4O2S. The molecule has 0 aliphatic carbocycles. The number of aliphatic imine (C=N–C) groups is 1. The molecule has 0 amide bonds. The van der Waals surface area contributed by atoms with Crippen LogP contribution in [0.5, 0.6) is 0 Å². The summed E-state index contributed by atoms with van der Waals surface area (Å²) >= 11 is 0. The summed E-state index contributed by atoms with van der Waals surface area (Å²) in [6.07, 6.45) is 3.74. The Hall–Kier alpha value is -1.83. The van der Waals surface area contributed by atoms with E-state index in [4.69, 9.17) is 4.99 Å². The van der Waals surface area contributed by atoms with E-state index in [2.05, 4.69) is 15.5 Å². The van der Waals surface area contributed by atoms with E-state index in [9.17, 15) is 12.8 Å². The summed E-state index contributed by atoms with van der Waals surface area (Å²) in [5.74, 6) is 0.741. The van der Waals surface area contributed by atoms with Crippen LogP contribution in [0, 0.1) is 11.2 Å².